The zero-order valence-corrected chi connectivity index (χ0v) is 8.31. The van der Waals surface area contributed by atoms with E-state index in [2.05, 4.69) is 27.3 Å². The van der Waals surface area contributed by atoms with Crippen LogP contribution in [0, 0.1) is 18.2 Å². The third-order valence-electron chi connectivity index (χ3n) is 1.63. The number of hydrogen-bond acceptors (Lipinski definition) is 2. The van der Waals surface area contributed by atoms with Gasteiger partial charge in [-0.1, -0.05) is 18.1 Å². The largest absolute Gasteiger partial charge is 0.270 e. The van der Waals surface area contributed by atoms with Crippen LogP contribution in [0.4, 0.5) is 4.39 Å². The summed E-state index contributed by atoms with van der Waals surface area (Å²) in [6.07, 6.45) is 5.16. The van der Waals surface area contributed by atoms with E-state index in [-0.39, 0.29) is 5.82 Å². The molecule has 0 saturated carbocycles. The summed E-state index contributed by atoms with van der Waals surface area (Å²) in [6.45, 7) is 0. The lowest BCUT2D eigenvalue weighted by atomic mass is 10.1. The van der Waals surface area contributed by atoms with Crippen molar-refractivity contribution in [1.82, 2.24) is 5.43 Å². The third kappa shape index (κ3) is 2.07. The maximum absolute atomic E-state index is 13.4. The number of rotatable bonds is 2. The highest BCUT2D eigenvalue weighted by atomic mass is 79.9. The molecular weight excluding hydrogens is 235 g/mol. The van der Waals surface area contributed by atoms with Crippen LogP contribution in [0.3, 0.4) is 0 Å². The monoisotopic (exact) mass is 242 g/mol. The number of benzene rings is 1. The predicted octanol–water partition coefficient (Wildman–Crippen LogP) is 1.73. The van der Waals surface area contributed by atoms with Crippen LogP contribution in [-0.4, -0.2) is 0 Å². The summed E-state index contributed by atoms with van der Waals surface area (Å²) in [6, 6.07) is 4.29. The molecule has 1 atom stereocenters. The van der Waals surface area contributed by atoms with Gasteiger partial charge in [0.2, 0.25) is 0 Å². The summed E-state index contributed by atoms with van der Waals surface area (Å²) in [7, 11) is 0. The van der Waals surface area contributed by atoms with E-state index >= 15 is 0 Å². The maximum Gasteiger partial charge on any atom is 0.143 e. The van der Waals surface area contributed by atoms with Gasteiger partial charge in [0.15, 0.2) is 0 Å². The highest BCUT2D eigenvalue weighted by Crippen LogP contribution is 2.22. The number of hydrazine groups is 1. The van der Waals surface area contributed by atoms with Gasteiger partial charge in [0.25, 0.3) is 0 Å². The van der Waals surface area contributed by atoms with Crippen LogP contribution in [0.5, 0.6) is 0 Å². The van der Waals surface area contributed by atoms with Crippen molar-refractivity contribution in [3.63, 3.8) is 0 Å². The smallest absolute Gasteiger partial charge is 0.143 e. The van der Waals surface area contributed by atoms with E-state index in [1.54, 1.807) is 18.2 Å². The minimum atomic E-state index is -0.600. The van der Waals surface area contributed by atoms with E-state index in [1.165, 1.54) is 0 Å². The van der Waals surface area contributed by atoms with Crippen LogP contribution in [0.25, 0.3) is 0 Å². The lowest BCUT2D eigenvalue weighted by molar-refractivity contribution is 0.570. The van der Waals surface area contributed by atoms with Crippen LogP contribution in [0.2, 0.25) is 0 Å². The van der Waals surface area contributed by atoms with E-state index in [4.69, 9.17) is 12.3 Å². The van der Waals surface area contributed by atoms with Crippen molar-refractivity contribution in [3.05, 3.63) is 34.1 Å². The zero-order valence-electron chi connectivity index (χ0n) is 6.72. The molecule has 1 aromatic rings. The van der Waals surface area contributed by atoms with Gasteiger partial charge in [-0.2, -0.15) is 0 Å². The Bertz CT molecular complexity index is 346. The molecule has 0 bridgehead atoms. The normalized spacial score (nSPS) is 12.2. The van der Waals surface area contributed by atoms with Gasteiger partial charge in [-0.25, -0.2) is 9.82 Å². The van der Waals surface area contributed by atoms with Gasteiger partial charge >= 0.3 is 0 Å². The van der Waals surface area contributed by atoms with Gasteiger partial charge in [-0.3, -0.25) is 5.84 Å². The third-order valence-corrected chi connectivity index (χ3v) is 2.24. The fraction of sp³-hybridized carbons (Fsp3) is 0.111. The molecule has 0 aliphatic heterocycles. The summed E-state index contributed by atoms with van der Waals surface area (Å²) in [5, 5.41) is 0. The Morgan fingerprint density at radius 3 is 2.85 bits per heavy atom. The summed E-state index contributed by atoms with van der Waals surface area (Å²) in [4.78, 5) is 0. The molecule has 68 valence electrons. The quantitative estimate of drug-likeness (QED) is 0.471. The van der Waals surface area contributed by atoms with Gasteiger partial charge in [0.1, 0.15) is 11.9 Å². The fourth-order valence-electron chi connectivity index (χ4n) is 0.971. The Hall–Kier alpha value is -0.890. The second-order valence-electron chi connectivity index (χ2n) is 2.41. The van der Waals surface area contributed by atoms with Crippen LogP contribution < -0.4 is 11.3 Å². The Kier molecular flexibility index (Phi) is 3.43. The van der Waals surface area contributed by atoms with Gasteiger partial charge in [-0.05, 0) is 22.0 Å². The van der Waals surface area contributed by atoms with Crippen molar-refractivity contribution < 1.29 is 4.39 Å². The maximum atomic E-state index is 13.4. The van der Waals surface area contributed by atoms with Crippen molar-refractivity contribution in [2.75, 3.05) is 0 Å². The molecule has 2 nitrogen and oxygen atoms in total. The van der Waals surface area contributed by atoms with E-state index in [0.717, 1.165) is 0 Å². The zero-order chi connectivity index (χ0) is 9.84. The molecule has 0 heterocycles. The summed E-state index contributed by atoms with van der Waals surface area (Å²) >= 11 is 3.06. The summed E-state index contributed by atoms with van der Waals surface area (Å²) in [5.74, 6) is 7.11. The Labute approximate surface area is 84.4 Å². The van der Waals surface area contributed by atoms with Crippen LogP contribution in [0.1, 0.15) is 11.6 Å². The number of nitrogens with two attached hydrogens (primary N) is 1. The van der Waals surface area contributed by atoms with E-state index < -0.39 is 6.04 Å². The SMILES string of the molecule is C#CC(NN)c1cccc(Br)c1F. The average Bonchev–Trinajstić information content (AvgIpc) is 2.14. The van der Waals surface area contributed by atoms with E-state index in [1.807, 2.05) is 0 Å². The Balaban J connectivity index is 3.15. The second-order valence-corrected chi connectivity index (χ2v) is 3.26. The molecule has 3 N–H and O–H groups in total. The molecule has 13 heavy (non-hydrogen) atoms. The number of nitrogens with one attached hydrogen (secondary N) is 1. The van der Waals surface area contributed by atoms with Crippen LogP contribution in [-0.2, 0) is 0 Å². The van der Waals surface area contributed by atoms with Crippen molar-refractivity contribution >= 4 is 15.9 Å². The molecule has 0 aliphatic rings. The molecule has 1 aromatic carbocycles. The highest BCUT2D eigenvalue weighted by molar-refractivity contribution is 9.10. The number of hydrogen-bond donors (Lipinski definition) is 2. The second kappa shape index (κ2) is 4.38. The summed E-state index contributed by atoms with van der Waals surface area (Å²) in [5.41, 5.74) is 2.70. The lowest BCUT2D eigenvalue weighted by Gasteiger charge is -2.10. The van der Waals surface area contributed by atoms with E-state index in [0.29, 0.717) is 10.0 Å². The molecule has 0 amide bonds. The molecule has 0 fully saturated rings. The average molecular weight is 243 g/mol. The fourth-order valence-corrected chi connectivity index (χ4v) is 1.35. The first-order valence-electron chi connectivity index (χ1n) is 3.57. The minimum absolute atomic E-state index is 0.361. The topological polar surface area (TPSA) is 38.0 Å². The van der Waals surface area contributed by atoms with E-state index in [9.17, 15) is 4.39 Å². The Morgan fingerprint density at radius 1 is 1.62 bits per heavy atom. The molecule has 1 rings (SSSR count). The predicted molar refractivity (Wildman–Crippen MR) is 53.0 cm³/mol. The lowest BCUT2D eigenvalue weighted by Crippen LogP contribution is -2.27. The van der Waals surface area contributed by atoms with Gasteiger partial charge < -0.3 is 0 Å². The molecule has 1 unspecified atom stereocenters. The van der Waals surface area contributed by atoms with Crippen molar-refractivity contribution in [2.45, 2.75) is 6.04 Å². The van der Waals surface area contributed by atoms with Crippen LogP contribution >= 0.6 is 15.9 Å². The highest BCUT2D eigenvalue weighted by Gasteiger charge is 2.12. The molecular formula is C9H8BrFN2. The molecule has 4 heteroatoms. The van der Waals surface area contributed by atoms with Gasteiger partial charge in [0, 0.05) is 5.56 Å². The van der Waals surface area contributed by atoms with Gasteiger partial charge in [-0.15, -0.1) is 6.42 Å². The standard InChI is InChI=1S/C9H8BrFN2/c1-2-8(13-12)6-4-3-5-7(10)9(6)11/h1,3-5,8,13H,12H2. The number of halogens is 2. The molecule has 0 aliphatic carbocycles. The molecule has 0 aromatic heterocycles. The molecule has 0 saturated heterocycles. The van der Waals surface area contributed by atoms with Gasteiger partial charge in [0.05, 0.1) is 4.47 Å². The van der Waals surface area contributed by atoms with Crippen molar-refractivity contribution in [1.29, 1.82) is 0 Å². The molecule has 0 radical (unpaired) electrons. The molecule has 0 spiro atoms. The first-order valence-corrected chi connectivity index (χ1v) is 4.36. The van der Waals surface area contributed by atoms with Crippen LogP contribution in [0.15, 0.2) is 22.7 Å². The van der Waals surface area contributed by atoms with Crippen molar-refractivity contribution in [3.8, 4) is 12.3 Å². The Morgan fingerprint density at radius 2 is 2.31 bits per heavy atom. The minimum Gasteiger partial charge on any atom is -0.270 e. The summed E-state index contributed by atoms with van der Waals surface area (Å²) < 4.78 is 13.8. The number of terminal acetylenes is 1. The first-order chi connectivity index (χ1) is 6.20. The first kappa shape index (κ1) is 10.2. The van der Waals surface area contributed by atoms with Crippen molar-refractivity contribution in [2.24, 2.45) is 5.84 Å².